The Hall–Kier alpha value is -1.75. The second kappa shape index (κ2) is 6.61. The minimum Gasteiger partial charge on any atom is -0.478 e. The summed E-state index contributed by atoms with van der Waals surface area (Å²) in [5.41, 5.74) is 6.90. The van der Waals surface area contributed by atoms with Crippen LogP contribution in [0.15, 0.2) is 18.2 Å². The molecule has 4 N–H and O–H groups in total. The average Bonchev–Trinajstić information content (AvgIpc) is 2.90. The third kappa shape index (κ3) is 3.87. The zero-order chi connectivity index (χ0) is 14.5. The first-order chi connectivity index (χ1) is 9.56. The molecule has 0 radical (unpaired) electrons. The van der Waals surface area contributed by atoms with Crippen molar-refractivity contribution in [3.8, 4) is 0 Å². The lowest BCUT2D eigenvalue weighted by Gasteiger charge is -2.21. The molecule has 1 saturated heterocycles. The minimum absolute atomic E-state index is 0.155. The van der Waals surface area contributed by atoms with Crippen molar-refractivity contribution in [2.45, 2.75) is 19.8 Å². The van der Waals surface area contributed by atoms with Gasteiger partial charge < -0.3 is 21.1 Å². The third-order valence-electron chi connectivity index (χ3n) is 3.71. The van der Waals surface area contributed by atoms with Crippen LogP contribution >= 0.6 is 0 Å². The minimum atomic E-state index is -0.990. The number of carboxylic acid groups (broad SMARTS) is 1. The van der Waals surface area contributed by atoms with Crippen molar-refractivity contribution in [3.05, 3.63) is 23.8 Å². The Bertz CT molecular complexity index is 470. The highest BCUT2D eigenvalue weighted by Gasteiger charge is 2.14. The number of nitrogens with two attached hydrogens (primary N) is 1. The highest BCUT2D eigenvalue weighted by Crippen LogP contribution is 2.18. The van der Waals surface area contributed by atoms with Gasteiger partial charge in [0.1, 0.15) is 0 Å². The van der Waals surface area contributed by atoms with Crippen molar-refractivity contribution in [3.63, 3.8) is 0 Å². The van der Waals surface area contributed by atoms with Gasteiger partial charge in [-0.2, -0.15) is 0 Å². The highest BCUT2D eigenvalue weighted by atomic mass is 16.4. The maximum Gasteiger partial charge on any atom is 0.337 e. The first-order valence-electron chi connectivity index (χ1n) is 7.15. The van der Waals surface area contributed by atoms with E-state index in [4.69, 9.17) is 10.8 Å². The maximum atomic E-state index is 11.0. The number of carboxylic acids is 1. The summed E-state index contributed by atoms with van der Waals surface area (Å²) in [7, 11) is 0. The van der Waals surface area contributed by atoms with E-state index in [1.165, 1.54) is 25.9 Å². The van der Waals surface area contributed by atoms with Gasteiger partial charge in [0.15, 0.2) is 0 Å². The molecule has 0 aromatic heterocycles. The number of hydrogen-bond acceptors (Lipinski definition) is 4. The van der Waals surface area contributed by atoms with Crippen LogP contribution in [0.4, 0.5) is 11.4 Å². The lowest BCUT2D eigenvalue weighted by Crippen LogP contribution is -2.28. The SMILES string of the molecule is CC(CNc1ccc(N)c(C(=O)O)c1)CN1CCCC1. The number of rotatable bonds is 6. The van der Waals surface area contributed by atoms with E-state index in [0.717, 1.165) is 18.8 Å². The van der Waals surface area contributed by atoms with E-state index in [2.05, 4.69) is 17.1 Å². The summed E-state index contributed by atoms with van der Waals surface area (Å²) in [6.07, 6.45) is 2.61. The lowest BCUT2D eigenvalue weighted by molar-refractivity contribution is 0.0698. The molecule has 1 aromatic carbocycles. The molecule has 1 heterocycles. The van der Waals surface area contributed by atoms with Gasteiger partial charge in [0.05, 0.1) is 5.56 Å². The number of nitrogens with one attached hydrogen (secondary N) is 1. The van der Waals surface area contributed by atoms with Gasteiger partial charge >= 0.3 is 5.97 Å². The fourth-order valence-corrected chi connectivity index (χ4v) is 2.61. The summed E-state index contributed by atoms with van der Waals surface area (Å²) in [5, 5.41) is 12.3. The van der Waals surface area contributed by atoms with Crippen LogP contribution in [0.1, 0.15) is 30.1 Å². The Labute approximate surface area is 119 Å². The van der Waals surface area contributed by atoms with Gasteiger partial charge in [0, 0.05) is 24.5 Å². The Morgan fingerprint density at radius 2 is 2.15 bits per heavy atom. The fraction of sp³-hybridized carbons (Fsp3) is 0.533. The van der Waals surface area contributed by atoms with Crippen LogP contribution in [0, 0.1) is 5.92 Å². The molecular weight excluding hydrogens is 254 g/mol. The second-order valence-corrected chi connectivity index (χ2v) is 5.60. The molecule has 2 rings (SSSR count). The van der Waals surface area contributed by atoms with E-state index in [9.17, 15) is 4.79 Å². The van der Waals surface area contributed by atoms with Crippen molar-refractivity contribution in [2.24, 2.45) is 5.92 Å². The number of nitrogen functional groups attached to an aromatic ring is 1. The van der Waals surface area contributed by atoms with Gasteiger partial charge in [-0.15, -0.1) is 0 Å². The van der Waals surface area contributed by atoms with E-state index in [1.54, 1.807) is 12.1 Å². The van der Waals surface area contributed by atoms with Crippen LogP contribution in [-0.4, -0.2) is 42.2 Å². The number of likely N-dealkylation sites (tertiary alicyclic amines) is 1. The molecule has 0 saturated carbocycles. The Balaban J connectivity index is 1.86. The Morgan fingerprint density at radius 1 is 1.45 bits per heavy atom. The molecule has 0 spiro atoms. The van der Waals surface area contributed by atoms with E-state index in [1.807, 2.05) is 6.07 Å². The summed E-state index contributed by atoms with van der Waals surface area (Å²) in [6.45, 7) is 6.54. The van der Waals surface area contributed by atoms with E-state index >= 15 is 0 Å². The molecule has 110 valence electrons. The van der Waals surface area contributed by atoms with Gasteiger partial charge in [0.25, 0.3) is 0 Å². The van der Waals surface area contributed by atoms with Crippen molar-refractivity contribution in [1.29, 1.82) is 0 Å². The van der Waals surface area contributed by atoms with Gasteiger partial charge in [-0.1, -0.05) is 6.92 Å². The van der Waals surface area contributed by atoms with Crippen LogP contribution in [0.3, 0.4) is 0 Å². The van der Waals surface area contributed by atoms with Crippen molar-refractivity contribution in [1.82, 2.24) is 4.90 Å². The first-order valence-corrected chi connectivity index (χ1v) is 7.15. The van der Waals surface area contributed by atoms with Gasteiger partial charge in [0.2, 0.25) is 0 Å². The molecule has 1 unspecified atom stereocenters. The highest BCUT2D eigenvalue weighted by molar-refractivity contribution is 5.94. The predicted octanol–water partition coefficient (Wildman–Crippen LogP) is 2.11. The van der Waals surface area contributed by atoms with E-state index < -0.39 is 5.97 Å². The second-order valence-electron chi connectivity index (χ2n) is 5.60. The average molecular weight is 277 g/mol. The Kier molecular flexibility index (Phi) is 4.84. The Morgan fingerprint density at radius 3 is 2.80 bits per heavy atom. The van der Waals surface area contributed by atoms with Crippen LogP contribution < -0.4 is 11.1 Å². The quantitative estimate of drug-likeness (QED) is 0.694. The topological polar surface area (TPSA) is 78.6 Å². The van der Waals surface area contributed by atoms with Crippen molar-refractivity contribution < 1.29 is 9.90 Å². The lowest BCUT2D eigenvalue weighted by atomic mass is 10.1. The van der Waals surface area contributed by atoms with Crippen LogP contribution in [0.25, 0.3) is 0 Å². The van der Waals surface area contributed by atoms with E-state index in [-0.39, 0.29) is 5.56 Å². The summed E-state index contributed by atoms with van der Waals surface area (Å²) in [5.74, 6) is -0.463. The zero-order valence-corrected chi connectivity index (χ0v) is 11.9. The summed E-state index contributed by atoms with van der Waals surface area (Å²) >= 11 is 0. The molecule has 1 aliphatic rings. The van der Waals surface area contributed by atoms with Gasteiger partial charge in [-0.05, 0) is 50.0 Å². The summed E-state index contributed by atoms with van der Waals surface area (Å²) in [6, 6.07) is 5.06. The fourth-order valence-electron chi connectivity index (χ4n) is 2.61. The molecule has 5 nitrogen and oxygen atoms in total. The first kappa shape index (κ1) is 14.7. The standard InChI is InChI=1S/C15H23N3O2/c1-11(10-18-6-2-3-7-18)9-17-12-4-5-14(16)13(8-12)15(19)20/h4-5,8,11,17H,2-3,6-7,9-10,16H2,1H3,(H,19,20). The molecule has 1 atom stereocenters. The maximum absolute atomic E-state index is 11.0. The van der Waals surface area contributed by atoms with Crippen molar-refractivity contribution >= 4 is 17.3 Å². The van der Waals surface area contributed by atoms with Gasteiger partial charge in [-0.3, -0.25) is 0 Å². The molecule has 1 aliphatic heterocycles. The van der Waals surface area contributed by atoms with Crippen LogP contribution in [0.2, 0.25) is 0 Å². The number of anilines is 2. The molecule has 1 fully saturated rings. The zero-order valence-electron chi connectivity index (χ0n) is 11.9. The summed E-state index contributed by atoms with van der Waals surface area (Å²) in [4.78, 5) is 13.5. The summed E-state index contributed by atoms with van der Waals surface area (Å²) < 4.78 is 0. The molecule has 5 heteroatoms. The molecule has 1 aromatic rings. The van der Waals surface area contributed by atoms with E-state index in [0.29, 0.717) is 11.6 Å². The number of aromatic carboxylic acids is 1. The van der Waals surface area contributed by atoms with Crippen molar-refractivity contribution in [2.75, 3.05) is 37.2 Å². The molecule has 0 amide bonds. The molecule has 0 aliphatic carbocycles. The predicted molar refractivity (Wildman–Crippen MR) is 81.1 cm³/mol. The number of benzene rings is 1. The number of carbonyl (C=O) groups is 1. The van der Waals surface area contributed by atoms with Crippen LogP contribution in [-0.2, 0) is 0 Å². The number of hydrogen-bond donors (Lipinski definition) is 3. The number of nitrogens with zero attached hydrogens (tertiary/aromatic N) is 1. The molecular formula is C15H23N3O2. The monoisotopic (exact) mass is 277 g/mol. The molecule has 20 heavy (non-hydrogen) atoms. The normalized spacial score (nSPS) is 17.1. The smallest absolute Gasteiger partial charge is 0.337 e. The third-order valence-corrected chi connectivity index (χ3v) is 3.71. The van der Waals surface area contributed by atoms with Gasteiger partial charge in [-0.25, -0.2) is 4.79 Å². The molecule has 0 bridgehead atoms. The van der Waals surface area contributed by atoms with Crippen LogP contribution in [0.5, 0.6) is 0 Å². The largest absolute Gasteiger partial charge is 0.478 e.